The van der Waals surface area contributed by atoms with Crippen LogP contribution >= 0.6 is 0 Å². The Balaban J connectivity index is 1.78. The minimum atomic E-state index is 0.331. The molecule has 0 unspecified atom stereocenters. The van der Waals surface area contributed by atoms with E-state index >= 15 is 0 Å². The third kappa shape index (κ3) is 2.89. The highest BCUT2D eigenvalue weighted by Crippen LogP contribution is 2.25. The molecule has 1 aromatic heterocycles. The number of rotatable bonds is 4. The SMILES string of the molecule is Cc1cccc(OCc2nc(-c3ccccc3)c(C)o2)c1C. The minimum absolute atomic E-state index is 0.331. The standard InChI is InChI=1S/C19H19NO2/c1-13-8-7-11-17(14(13)2)21-12-18-20-19(15(3)22-18)16-9-5-4-6-10-16/h4-11H,12H2,1-3H3. The topological polar surface area (TPSA) is 35.3 Å². The van der Waals surface area contributed by atoms with Crippen molar-refractivity contribution < 1.29 is 9.15 Å². The van der Waals surface area contributed by atoms with Crippen LogP contribution in [0.3, 0.4) is 0 Å². The summed E-state index contributed by atoms with van der Waals surface area (Å²) in [7, 11) is 0. The van der Waals surface area contributed by atoms with E-state index in [0.717, 1.165) is 28.3 Å². The first-order valence-electron chi connectivity index (χ1n) is 7.36. The highest BCUT2D eigenvalue weighted by atomic mass is 16.5. The van der Waals surface area contributed by atoms with Gasteiger partial charge in [0.25, 0.3) is 0 Å². The third-order valence-electron chi connectivity index (χ3n) is 3.79. The van der Waals surface area contributed by atoms with Gasteiger partial charge in [-0.25, -0.2) is 4.98 Å². The van der Waals surface area contributed by atoms with Gasteiger partial charge in [-0.2, -0.15) is 0 Å². The van der Waals surface area contributed by atoms with E-state index in [4.69, 9.17) is 9.15 Å². The normalized spacial score (nSPS) is 10.7. The third-order valence-corrected chi connectivity index (χ3v) is 3.79. The van der Waals surface area contributed by atoms with Crippen LogP contribution in [0.15, 0.2) is 52.9 Å². The van der Waals surface area contributed by atoms with Crippen LogP contribution in [-0.2, 0) is 6.61 Å². The van der Waals surface area contributed by atoms with Gasteiger partial charge in [0, 0.05) is 5.56 Å². The van der Waals surface area contributed by atoms with Crippen molar-refractivity contribution in [3.8, 4) is 17.0 Å². The molecule has 1 heterocycles. The highest BCUT2D eigenvalue weighted by Gasteiger charge is 2.12. The van der Waals surface area contributed by atoms with Crippen LogP contribution in [0.4, 0.5) is 0 Å². The Hall–Kier alpha value is -2.55. The highest BCUT2D eigenvalue weighted by molar-refractivity contribution is 5.60. The largest absolute Gasteiger partial charge is 0.484 e. The lowest BCUT2D eigenvalue weighted by atomic mass is 10.1. The summed E-state index contributed by atoms with van der Waals surface area (Å²) in [5, 5.41) is 0. The van der Waals surface area contributed by atoms with Gasteiger partial charge in [-0.1, -0.05) is 42.5 Å². The summed E-state index contributed by atoms with van der Waals surface area (Å²) in [5.74, 6) is 2.28. The van der Waals surface area contributed by atoms with E-state index < -0.39 is 0 Å². The summed E-state index contributed by atoms with van der Waals surface area (Å²) in [6, 6.07) is 16.1. The van der Waals surface area contributed by atoms with Crippen molar-refractivity contribution in [2.45, 2.75) is 27.4 Å². The average Bonchev–Trinajstić information content (AvgIpc) is 2.91. The molecule has 0 spiro atoms. The molecule has 2 aromatic carbocycles. The van der Waals surface area contributed by atoms with Crippen LogP contribution in [0.2, 0.25) is 0 Å². The van der Waals surface area contributed by atoms with Gasteiger partial charge in [0.15, 0.2) is 6.61 Å². The van der Waals surface area contributed by atoms with Crippen LogP contribution in [0.25, 0.3) is 11.3 Å². The molecule has 0 aliphatic rings. The summed E-state index contributed by atoms with van der Waals surface area (Å²) >= 11 is 0. The van der Waals surface area contributed by atoms with E-state index in [2.05, 4.69) is 24.9 Å². The average molecular weight is 293 g/mol. The second-order valence-electron chi connectivity index (χ2n) is 5.37. The zero-order valence-corrected chi connectivity index (χ0v) is 13.1. The molecule has 3 nitrogen and oxygen atoms in total. The molecular formula is C19H19NO2. The minimum Gasteiger partial charge on any atom is -0.484 e. The van der Waals surface area contributed by atoms with Gasteiger partial charge in [0.1, 0.15) is 17.2 Å². The lowest BCUT2D eigenvalue weighted by Crippen LogP contribution is -1.98. The molecule has 0 N–H and O–H groups in total. The molecule has 112 valence electrons. The van der Waals surface area contributed by atoms with Crippen LogP contribution < -0.4 is 4.74 Å². The molecule has 0 bridgehead atoms. The van der Waals surface area contributed by atoms with E-state index in [1.54, 1.807) is 0 Å². The van der Waals surface area contributed by atoms with Gasteiger partial charge in [-0.15, -0.1) is 0 Å². The Morgan fingerprint density at radius 2 is 1.73 bits per heavy atom. The van der Waals surface area contributed by atoms with E-state index in [1.165, 1.54) is 5.56 Å². The number of hydrogen-bond acceptors (Lipinski definition) is 3. The van der Waals surface area contributed by atoms with Crippen molar-refractivity contribution in [2.24, 2.45) is 0 Å². The maximum atomic E-state index is 5.85. The van der Waals surface area contributed by atoms with Crippen molar-refractivity contribution in [1.29, 1.82) is 0 Å². The van der Waals surface area contributed by atoms with Crippen LogP contribution in [-0.4, -0.2) is 4.98 Å². The van der Waals surface area contributed by atoms with Crippen LogP contribution in [0.5, 0.6) is 5.75 Å². The molecule has 3 heteroatoms. The summed E-state index contributed by atoms with van der Waals surface area (Å²) < 4.78 is 11.6. The molecule has 3 aromatic rings. The lowest BCUT2D eigenvalue weighted by molar-refractivity contribution is 0.259. The fraction of sp³-hybridized carbons (Fsp3) is 0.211. The molecule has 0 radical (unpaired) electrons. The Morgan fingerprint density at radius 3 is 2.50 bits per heavy atom. The van der Waals surface area contributed by atoms with Gasteiger partial charge in [-0.05, 0) is 38.0 Å². The summed E-state index contributed by atoms with van der Waals surface area (Å²) in [6.45, 7) is 6.39. The van der Waals surface area contributed by atoms with E-state index in [0.29, 0.717) is 12.5 Å². The fourth-order valence-electron chi connectivity index (χ4n) is 2.40. The zero-order chi connectivity index (χ0) is 15.5. The predicted octanol–water partition coefficient (Wildman–Crippen LogP) is 4.85. The lowest BCUT2D eigenvalue weighted by Gasteiger charge is -2.08. The summed E-state index contributed by atoms with van der Waals surface area (Å²) in [5.41, 5.74) is 4.29. The molecular weight excluding hydrogens is 274 g/mol. The second kappa shape index (κ2) is 6.06. The number of ether oxygens (including phenoxy) is 1. The monoisotopic (exact) mass is 293 g/mol. The van der Waals surface area contributed by atoms with E-state index in [-0.39, 0.29) is 0 Å². The predicted molar refractivity (Wildman–Crippen MR) is 86.9 cm³/mol. The molecule has 3 rings (SSSR count). The Morgan fingerprint density at radius 1 is 0.955 bits per heavy atom. The molecule has 0 saturated heterocycles. The van der Waals surface area contributed by atoms with Crippen molar-refractivity contribution in [3.05, 3.63) is 71.3 Å². The van der Waals surface area contributed by atoms with Crippen molar-refractivity contribution in [3.63, 3.8) is 0 Å². The fourth-order valence-corrected chi connectivity index (χ4v) is 2.40. The Kier molecular flexibility index (Phi) is 3.96. The van der Waals surface area contributed by atoms with Crippen LogP contribution in [0.1, 0.15) is 22.8 Å². The van der Waals surface area contributed by atoms with E-state index in [9.17, 15) is 0 Å². The van der Waals surface area contributed by atoms with Gasteiger partial charge in [0.05, 0.1) is 0 Å². The second-order valence-corrected chi connectivity index (χ2v) is 5.37. The summed E-state index contributed by atoms with van der Waals surface area (Å²) in [6.07, 6.45) is 0. The maximum Gasteiger partial charge on any atom is 0.233 e. The molecule has 0 saturated carbocycles. The van der Waals surface area contributed by atoms with Crippen molar-refractivity contribution >= 4 is 0 Å². The molecule has 0 amide bonds. The van der Waals surface area contributed by atoms with Gasteiger partial charge in [-0.3, -0.25) is 0 Å². The zero-order valence-electron chi connectivity index (χ0n) is 13.1. The van der Waals surface area contributed by atoms with E-state index in [1.807, 2.05) is 49.4 Å². The first-order valence-corrected chi connectivity index (χ1v) is 7.36. The van der Waals surface area contributed by atoms with Crippen molar-refractivity contribution in [2.75, 3.05) is 0 Å². The van der Waals surface area contributed by atoms with Gasteiger partial charge < -0.3 is 9.15 Å². The number of oxazole rings is 1. The number of hydrogen-bond donors (Lipinski definition) is 0. The Labute approximate surface area is 130 Å². The Bertz CT molecular complexity index is 775. The number of aromatic nitrogens is 1. The molecule has 22 heavy (non-hydrogen) atoms. The quantitative estimate of drug-likeness (QED) is 0.690. The van der Waals surface area contributed by atoms with Crippen LogP contribution in [0, 0.1) is 20.8 Å². The van der Waals surface area contributed by atoms with Gasteiger partial charge >= 0.3 is 0 Å². The number of benzene rings is 2. The van der Waals surface area contributed by atoms with Gasteiger partial charge in [0.2, 0.25) is 5.89 Å². The molecule has 0 atom stereocenters. The van der Waals surface area contributed by atoms with Crippen molar-refractivity contribution in [1.82, 2.24) is 4.98 Å². The first kappa shape index (κ1) is 14.4. The maximum absolute atomic E-state index is 5.85. The summed E-state index contributed by atoms with van der Waals surface area (Å²) in [4.78, 5) is 4.56. The first-order chi connectivity index (χ1) is 10.6. The molecule has 0 aliphatic carbocycles. The number of aryl methyl sites for hydroxylation is 2. The smallest absolute Gasteiger partial charge is 0.233 e. The molecule has 0 aliphatic heterocycles. The number of nitrogens with zero attached hydrogens (tertiary/aromatic N) is 1. The molecule has 0 fully saturated rings.